The van der Waals surface area contributed by atoms with Crippen LogP contribution in [0.2, 0.25) is 0 Å². The van der Waals surface area contributed by atoms with Gasteiger partial charge in [0.05, 0.1) is 11.9 Å². The maximum absolute atomic E-state index is 5.86. The molecule has 0 bridgehead atoms. The first-order valence-corrected chi connectivity index (χ1v) is 8.30. The second kappa shape index (κ2) is 9.44. The second-order valence-electron chi connectivity index (χ2n) is 5.91. The Hall–Kier alpha value is -2.86. The molecule has 6 nitrogen and oxygen atoms in total. The number of nitrogens with zero attached hydrogens (tertiary/aromatic N) is 3. The van der Waals surface area contributed by atoms with Gasteiger partial charge < -0.3 is 16.8 Å². The molecular weight excluding hydrogens is 312 g/mol. The van der Waals surface area contributed by atoms with Crippen molar-refractivity contribution in [2.24, 2.45) is 12.8 Å². The Bertz CT molecular complexity index is 725. The smallest absolute Gasteiger partial charge is 0.146 e. The highest BCUT2D eigenvalue weighted by Crippen LogP contribution is 2.24. The van der Waals surface area contributed by atoms with Gasteiger partial charge in [-0.05, 0) is 19.4 Å². The van der Waals surface area contributed by atoms with Crippen LogP contribution in [0, 0.1) is 0 Å². The number of aromatic nitrogens is 3. The Morgan fingerprint density at radius 1 is 1.08 bits per heavy atom. The summed E-state index contributed by atoms with van der Waals surface area (Å²) in [5.41, 5.74) is 14.4. The minimum Gasteiger partial charge on any atom is -0.382 e. The third kappa shape index (κ3) is 6.27. The van der Waals surface area contributed by atoms with Crippen molar-refractivity contribution >= 4 is 11.5 Å². The molecule has 2 aromatic heterocycles. The van der Waals surface area contributed by atoms with Gasteiger partial charge in [0.1, 0.15) is 5.82 Å². The molecule has 1 aromatic carbocycles. The number of nitrogens with one attached hydrogen (secondary N) is 1. The Labute approximate surface area is 148 Å². The molecule has 0 aliphatic heterocycles. The molecule has 25 heavy (non-hydrogen) atoms. The quantitative estimate of drug-likeness (QED) is 0.665. The summed E-state index contributed by atoms with van der Waals surface area (Å²) in [6.45, 7) is 2.76. The lowest BCUT2D eigenvalue weighted by molar-refractivity contribution is 0.690. The molecule has 6 heteroatoms. The lowest BCUT2D eigenvalue weighted by Gasteiger charge is -2.11. The number of nitrogen functional groups attached to an aromatic ring is 1. The van der Waals surface area contributed by atoms with E-state index in [4.69, 9.17) is 11.5 Å². The lowest BCUT2D eigenvalue weighted by Crippen LogP contribution is -2.19. The van der Waals surface area contributed by atoms with Crippen LogP contribution >= 0.6 is 0 Å². The topological polar surface area (TPSA) is 94.8 Å². The van der Waals surface area contributed by atoms with E-state index in [1.165, 1.54) is 0 Å². The molecule has 0 aliphatic rings. The van der Waals surface area contributed by atoms with Crippen molar-refractivity contribution in [1.82, 2.24) is 14.8 Å². The standard InChI is InChI=1S/C13H20N6.C6H6/c1-9(14)3-4-16-12-5-10(6-17-13(12)15)11-7-18-19(2)8-11;1-2-4-6-5-3-1/h5-9,16H,3-4,14H2,1-2H3,(H2,15,17);1-6H. The number of hydrogen-bond donors (Lipinski definition) is 3. The third-order valence-corrected chi connectivity index (χ3v) is 3.54. The molecule has 3 rings (SSSR count). The second-order valence-corrected chi connectivity index (χ2v) is 5.91. The first kappa shape index (κ1) is 18.5. The fourth-order valence-corrected chi connectivity index (χ4v) is 2.16. The molecule has 2 heterocycles. The zero-order chi connectivity index (χ0) is 18.1. The largest absolute Gasteiger partial charge is 0.382 e. The maximum Gasteiger partial charge on any atom is 0.146 e. The molecular formula is C19H26N6. The van der Waals surface area contributed by atoms with Gasteiger partial charge >= 0.3 is 0 Å². The predicted octanol–water partition coefficient (Wildman–Crippen LogP) is 2.90. The average Bonchev–Trinajstić information content (AvgIpc) is 3.05. The van der Waals surface area contributed by atoms with Gasteiger partial charge in [0.15, 0.2) is 0 Å². The van der Waals surface area contributed by atoms with Gasteiger partial charge in [-0.15, -0.1) is 0 Å². The number of nitrogens with two attached hydrogens (primary N) is 2. The highest BCUT2D eigenvalue weighted by Gasteiger charge is 2.06. The van der Waals surface area contributed by atoms with Gasteiger partial charge in [0.2, 0.25) is 0 Å². The van der Waals surface area contributed by atoms with Crippen LogP contribution in [0.1, 0.15) is 13.3 Å². The van der Waals surface area contributed by atoms with E-state index in [0.717, 1.165) is 29.8 Å². The minimum absolute atomic E-state index is 0.170. The van der Waals surface area contributed by atoms with Crippen LogP contribution in [0.4, 0.5) is 11.5 Å². The van der Waals surface area contributed by atoms with Crippen LogP contribution in [-0.4, -0.2) is 27.4 Å². The maximum atomic E-state index is 5.86. The number of benzene rings is 1. The summed E-state index contributed by atoms with van der Waals surface area (Å²) in [5.74, 6) is 0.498. The van der Waals surface area contributed by atoms with E-state index in [0.29, 0.717) is 5.82 Å². The monoisotopic (exact) mass is 338 g/mol. The minimum atomic E-state index is 0.170. The van der Waals surface area contributed by atoms with Crippen molar-refractivity contribution < 1.29 is 0 Å². The van der Waals surface area contributed by atoms with Crippen molar-refractivity contribution in [3.63, 3.8) is 0 Å². The average molecular weight is 338 g/mol. The molecule has 0 radical (unpaired) electrons. The summed E-state index contributed by atoms with van der Waals surface area (Å²) in [6, 6.07) is 14.2. The summed E-state index contributed by atoms with van der Waals surface area (Å²) < 4.78 is 1.76. The van der Waals surface area contributed by atoms with Crippen LogP contribution in [0.15, 0.2) is 61.1 Å². The molecule has 0 fully saturated rings. The molecule has 1 atom stereocenters. The Morgan fingerprint density at radius 2 is 1.72 bits per heavy atom. The van der Waals surface area contributed by atoms with Crippen molar-refractivity contribution in [2.45, 2.75) is 19.4 Å². The normalized spacial score (nSPS) is 11.3. The first-order valence-electron chi connectivity index (χ1n) is 8.30. The zero-order valence-corrected chi connectivity index (χ0v) is 14.8. The van der Waals surface area contributed by atoms with Gasteiger partial charge in [0.25, 0.3) is 0 Å². The Kier molecular flexibility index (Phi) is 6.98. The molecule has 0 saturated heterocycles. The molecule has 1 unspecified atom stereocenters. The summed E-state index contributed by atoms with van der Waals surface area (Å²) in [5, 5.41) is 7.42. The number of rotatable bonds is 5. The molecule has 0 amide bonds. The molecule has 5 N–H and O–H groups in total. The van der Waals surface area contributed by atoms with Crippen LogP contribution in [0.25, 0.3) is 11.1 Å². The fraction of sp³-hybridized carbons (Fsp3) is 0.263. The summed E-state index contributed by atoms with van der Waals surface area (Å²) in [7, 11) is 1.88. The Morgan fingerprint density at radius 3 is 2.24 bits per heavy atom. The van der Waals surface area contributed by atoms with Crippen molar-refractivity contribution in [3.05, 3.63) is 61.1 Å². The van der Waals surface area contributed by atoms with Crippen LogP contribution < -0.4 is 16.8 Å². The summed E-state index contributed by atoms with van der Waals surface area (Å²) >= 11 is 0. The zero-order valence-electron chi connectivity index (χ0n) is 14.8. The summed E-state index contributed by atoms with van der Waals surface area (Å²) in [4.78, 5) is 4.21. The van der Waals surface area contributed by atoms with E-state index in [1.807, 2.05) is 62.6 Å². The molecule has 0 spiro atoms. The van der Waals surface area contributed by atoms with Crippen molar-refractivity contribution in [3.8, 4) is 11.1 Å². The van der Waals surface area contributed by atoms with E-state index < -0.39 is 0 Å². The molecule has 0 aliphatic carbocycles. The van der Waals surface area contributed by atoms with Gasteiger partial charge in [-0.2, -0.15) is 5.10 Å². The number of hydrogen-bond acceptors (Lipinski definition) is 5. The SMILES string of the molecule is CC(N)CCNc1cc(-c2cnn(C)c2)cnc1N.c1ccccc1. The lowest BCUT2D eigenvalue weighted by atomic mass is 10.1. The van der Waals surface area contributed by atoms with Gasteiger partial charge in [-0.1, -0.05) is 36.4 Å². The number of pyridine rings is 1. The van der Waals surface area contributed by atoms with Crippen LogP contribution in [0.5, 0.6) is 0 Å². The third-order valence-electron chi connectivity index (χ3n) is 3.54. The van der Waals surface area contributed by atoms with Gasteiger partial charge in [-0.25, -0.2) is 4.98 Å². The van der Waals surface area contributed by atoms with Crippen molar-refractivity contribution in [2.75, 3.05) is 17.6 Å². The Balaban J connectivity index is 0.000000316. The molecule has 0 saturated carbocycles. The van der Waals surface area contributed by atoms with E-state index in [-0.39, 0.29) is 6.04 Å². The van der Waals surface area contributed by atoms with Gasteiger partial charge in [0, 0.05) is 43.2 Å². The highest BCUT2D eigenvalue weighted by molar-refractivity contribution is 5.72. The van der Waals surface area contributed by atoms with Crippen molar-refractivity contribution in [1.29, 1.82) is 0 Å². The predicted molar refractivity (Wildman–Crippen MR) is 104 cm³/mol. The molecule has 3 aromatic rings. The first-order chi connectivity index (χ1) is 12.1. The van der Waals surface area contributed by atoms with Crippen LogP contribution in [0.3, 0.4) is 0 Å². The van der Waals surface area contributed by atoms with E-state index in [2.05, 4.69) is 15.4 Å². The molecule has 132 valence electrons. The number of anilines is 2. The van der Waals surface area contributed by atoms with E-state index in [9.17, 15) is 0 Å². The fourth-order valence-electron chi connectivity index (χ4n) is 2.16. The van der Waals surface area contributed by atoms with Gasteiger partial charge in [-0.3, -0.25) is 4.68 Å². The highest BCUT2D eigenvalue weighted by atomic mass is 15.2. The van der Waals surface area contributed by atoms with E-state index in [1.54, 1.807) is 17.1 Å². The van der Waals surface area contributed by atoms with Crippen LogP contribution in [-0.2, 0) is 7.05 Å². The summed E-state index contributed by atoms with van der Waals surface area (Å²) in [6.07, 6.45) is 6.39. The number of aryl methyl sites for hydroxylation is 1. The van der Waals surface area contributed by atoms with E-state index >= 15 is 0 Å².